The Morgan fingerprint density at radius 1 is 1.10 bits per heavy atom. The van der Waals surface area contributed by atoms with E-state index in [-0.39, 0.29) is 36.7 Å². The van der Waals surface area contributed by atoms with Crippen molar-refractivity contribution in [2.75, 3.05) is 42.9 Å². The first-order chi connectivity index (χ1) is 14.4. The number of para-hydroxylation sites is 2. The third-order valence-corrected chi connectivity index (χ3v) is 5.60. The van der Waals surface area contributed by atoms with Gasteiger partial charge in [0.05, 0.1) is 17.9 Å². The number of carbonyl (C=O) groups is 3. The average Bonchev–Trinajstić information content (AvgIpc) is 3.10. The lowest BCUT2D eigenvalue weighted by molar-refractivity contribution is -0.120. The SMILES string of the molecule is Cc1ccc(C(=O)N2CCN(CC(=O)N3c4ccccc4NC(=O)CC3C)CC2)o1. The number of amides is 3. The number of benzene rings is 1. The van der Waals surface area contributed by atoms with E-state index in [1.165, 1.54) is 0 Å². The molecule has 0 bridgehead atoms. The van der Waals surface area contributed by atoms with Crippen LogP contribution in [0.3, 0.4) is 0 Å². The topological polar surface area (TPSA) is 86.1 Å². The molecule has 30 heavy (non-hydrogen) atoms. The summed E-state index contributed by atoms with van der Waals surface area (Å²) in [6.45, 7) is 6.24. The van der Waals surface area contributed by atoms with Crippen LogP contribution in [-0.4, -0.2) is 66.3 Å². The Morgan fingerprint density at radius 3 is 2.53 bits per heavy atom. The molecule has 1 aromatic carbocycles. The van der Waals surface area contributed by atoms with Crippen molar-refractivity contribution in [1.82, 2.24) is 9.80 Å². The van der Waals surface area contributed by atoms with Crippen molar-refractivity contribution in [2.24, 2.45) is 0 Å². The zero-order valence-electron chi connectivity index (χ0n) is 17.3. The molecule has 0 saturated carbocycles. The number of anilines is 2. The molecule has 158 valence electrons. The molecule has 8 heteroatoms. The third kappa shape index (κ3) is 4.09. The van der Waals surface area contributed by atoms with Crippen LogP contribution in [0, 0.1) is 6.92 Å². The molecule has 1 fully saturated rings. The Hall–Kier alpha value is -3.13. The average molecular weight is 410 g/mol. The molecular weight excluding hydrogens is 384 g/mol. The van der Waals surface area contributed by atoms with E-state index < -0.39 is 0 Å². The lowest BCUT2D eigenvalue weighted by atomic mass is 10.1. The van der Waals surface area contributed by atoms with Crippen molar-refractivity contribution >= 4 is 29.1 Å². The lowest BCUT2D eigenvalue weighted by Gasteiger charge is -2.36. The molecule has 0 radical (unpaired) electrons. The fourth-order valence-electron chi connectivity index (χ4n) is 4.05. The number of furan rings is 1. The summed E-state index contributed by atoms with van der Waals surface area (Å²) in [6.07, 6.45) is 0.255. The first-order valence-electron chi connectivity index (χ1n) is 10.2. The highest BCUT2D eigenvalue weighted by molar-refractivity contribution is 6.05. The number of nitrogens with one attached hydrogen (secondary N) is 1. The maximum Gasteiger partial charge on any atom is 0.289 e. The van der Waals surface area contributed by atoms with Gasteiger partial charge in [-0.1, -0.05) is 12.1 Å². The van der Waals surface area contributed by atoms with Crippen molar-refractivity contribution in [3.8, 4) is 0 Å². The number of piperazine rings is 1. The predicted octanol–water partition coefficient (Wildman–Crippen LogP) is 2.11. The van der Waals surface area contributed by atoms with Gasteiger partial charge in [-0.05, 0) is 38.1 Å². The standard InChI is InChI=1S/C22H26N4O4/c1-15-13-20(27)23-17-5-3-4-6-18(17)26(15)21(28)14-24-9-11-25(12-10-24)22(29)19-8-7-16(2)30-19/h3-8,15H,9-14H2,1-2H3,(H,23,27). The van der Waals surface area contributed by atoms with Gasteiger partial charge in [0.25, 0.3) is 5.91 Å². The zero-order chi connectivity index (χ0) is 21.3. The van der Waals surface area contributed by atoms with Gasteiger partial charge in [-0.2, -0.15) is 0 Å². The smallest absolute Gasteiger partial charge is 0.289 e. The maximum atomic E-state index is 13.2. The van der Waals surface area contributed by atoms with Crippen molar-refractivity contribution < 1.29 is 18.8 Å². The van der Waals surface area contributed by atoms with Crippen molar-refractivity contribution in [3.05, 3.63) is 47.9 Å². The molecule has 1 N–H and O–H groups in total. The van der Waals surface area contributed by atoms with Gasteiger partial charge in [0.2, 0.25) is 11.8 Å². The second kappa shape index (κ2) is 8.31. The van der Waals surface area contributed by atoms with E-state index in [9.17, 15) is 14.4 Å². The summed E-state index contributed by atoms with van der Waals surface area (Å²) in [5.74, 6) is 0.804. The molecule has 2 aliphatic rings. The molecular formula is C22H26N4O4. The van der Waals surface area contributed by atoms with Gasteiger partial charge >= 0.3 is 0 Å². The summed E-state index contributed by atoms with van der Waals surface area (Å²) in [7, 11) is 0. The minimum Gasteiger partial charge on any atom is -0.456 e. The summed E-state index contributed by atoms with van der Waals surface area (Å²) in [5, 5.41) is 2.88. The van der Waals surface area contributed by atoms with Gasteiger partial charge in [-0.15, -0.1) is 0 Å². The quantitative estimate of drug-likeness (QED) is 0.838. The summed E-state index contributed by atoms with van der Waals surface area (Å²) < 4.78 is 5.44. The number of aryl methyl sites for hydroxylation is 1. The van der Waals surface area contributed by atoms with Crippen LogP contribution < -0.4 is 10.2 Å². The summed E-state index contributed by atoms with van der Waals surface area (Å²) in [5.41, 5.74) is 1.38. The van der Waals surface area contributed by atoms with E-state index in [1.54, 1.807) is 21.9 Å². The second-order valence-corrected chi connectivity index (χ2v) is 7.86. The zero-order valence-corrected chi connectivity index (χ0v) is 17.3. The van der Waals surface area contributed by atoms with Gasteiger partial charge in [-0.25, -0.2) is 0 Å². The van der Waals surface area contributed by atoms with Gasteiger partial charge in [0.15, 0.2) is 5.76 Å². The van der Waals surface area contributed by atoms with Crippen molar-refractivity contribution in [1.29, 1.82) is 0 Å². The second-order valence-electron chi connectivity index (χ2n) is 7.86. The van der Waals surface area contributed by atoms with E-state index in [0.29, 0.717) is 43.4 Å². The first kappa shape index (κ1) is 20.2. The van der Waals surface area contributed by atoms with E-state index in [1.807, 2.05) is 38.1 Å². The Morgan fingerprint density at radius 2 is 1.83 bits per heavy atom. The van der Waals surface area contributed by atoms with Crippen LogP contribution in [0.5, 0.6) is 0 Å². The first-order valence-corrected chi connectivity index (χ1v) is 10.2. The van der Waals surface area contributed by atoms with Crippen LogP contribution in [0.1, 0.15) is 29.7 Å². The molecule has 4 rings (SSSR count). The van der Waals surface area contributed by atoms with Crippen LogP contribution in [0.25, 0.3) is 0 Å². The molecule has 2 aliphatic heterocycles. The van der Waals surface area contributed by atoms with Crippen LogP contribution in [0.4, 0.5) is 11.4 Å². The van der Waals surface area contributed by atoms with E-state index in [4.69, 9.17) is 4.42 Å². The Kier molecular flexibility index (Phi) is 5.59. The predicted molar refractivity (Wildman–Crippen MR) is 112 cm³/mol. The number of fused-ring (bicyclic) bond motifs is 1. The van der Waals surface area contributed by atoms with Gasteiger partial charge in [0, 0.05) is 38.6 Å². The number of carbonyl (C=O) groups excluding carboxylic acids is 3. The van der Waals surface area contributed by atoms with E-state index in [0.717, 1.165) is 5.69 Å². The van der Waals surface area contributed by atoms with Crippen molar-refractivity contribution in [2.45, 2.75) is 26.3 Å². The van der Waals surface area contributed by atoms with Crippen LogP contribution in [0.2, 0.25) is 0 Å². The Bertz CT molecular complexity index is 962. The molecule has 1 atom stereocenters. The fraction of sp³-hybridized carbons (Fsp3) is 0.409. The van der Waals surface area contributed by atoms with Crippen molar-refractivity contribution in [3.63, 3.8) is 0 Å². The fourth-order valence-corrected chi connectivity index (χ4v) is 4.05. The summed E-state index contributed by atoms with van der Waals surface area (Å²) in [4.78, 5) is 43.4. The number of rotatable bonds is 3. The van der Waals surface area contributed by atoms with Crippen LogP contribution >= 0.6 is 0 Å². The minimum absolute atomic E-state index is 0.0483. The monoisotopic (exact) mass is 410 g/mol. The highest BCUT2D eigenvalue weighted by Gasteiger charge is 2.31. The molecule has 2 aromatic rings. The highest BCUT2D eigenvalue weighted by atomic mass is 16.3. The molecule has 8 nitrogen and oxygen atoms in total. The van der Waals surface area contributed by atoms with E-state index >= 15 is 0 Å². The minimum atomic E-state index is -0.230. The van der Waals surface area contributed by atoms with Gasteiger partial charge in [-0.3, -0.25) is 19.3 Å². The van der Waals surface area contributed by atoms with Gasteiger partial charge < -0.3 is 19.5 Å². The highest BCUT2D eigenvalue weighted by Crippen LogP contribution is 2.31. The maximum absolute atomic E-state index is 13.2. The molecule has 0 aliphatic carbocycles. The Balaban J connectivity index is 1.40. The third-order valence-electron chi connectivity index (χ3n) is 5.60. The number of nitrogens with zero attached hydrogens (tertiary/aromatic N) is 3. The molecule has 1 unspecified atom stereocenters. The molecule has 1 aromatic heterocycles. The van der Waals surface area contributed by atoms with Gasteiger partial charge in [0.1, 0.15) is 5.76 Å². The van der Waals surface area contributed by atoms with E-state index in [2.05, 4.69) is 10.2 Å². The lowest BCUT2D eigenvalue weighted by Crippen LogP contribution is -2.52. The normalized spacial score (nSPS) is 19.8. The van der Waals surface area contributed by atoms with Crippen LogP contribution in [0.15, 0.2) is 40.8 Å². The summed E-state index contributed by atoms with van der Waals surface area (Å²) in [6, 6.07) is 10.6. The number of hydrogen-bond acceptors (Lipinski definition) is 5. The molecule has 0 spiro atoms. The van der Waals surface area contributed by atoms with Crippen LogP contribution in [-0.2, 0) is 9.59 Å². The molecule has 3 heterocycles. The molecule has 3 amide bonds. The summed E-state index contributed by atoms with van der Waals surface area (Å²) >= 11 is 0. The Labute approximate surface area is 175 Å². The number of hydrogen-bond donors (Lipinski definition) is 1. The largest absolute Gasteiger partial charge is 0.456 e. The molecule has 1 saturated heterocycles.